The minimum atomic E-state index is -2.48. The molecule has 126 valence electrons. The molecule has 4 rings (SSSR count). The van der Waals surface area contributed by atoms with E-state index in [0.717, 1.165) is 27.9 Å². The summed E-state index contributed by atoms with van der Waals surface area (Å²) in [5.74, 6) is 0.902. The van der Waals surface area contributed by atoms with Crippen LogP contribution in [-0.2, 0) is 4.79 Å². The van der Waals surface area contributed by atoms with Crippen molar-refractivity contribution in [2.75, 3.05) is 7.04 Å². The lowest BCUT2D eigenvalue weighted by Gasteiger charge is -2.18. The summed E-state index contributed by atoms with van der Waals surface area (Å²) in [6.45, 7) is 1.98. The summed E-state index contributed by atoms with van der Waals surface area (Å²) >= 11 is 0. The molecule has 6 heteroatoms. The number of rotatable bonds is 3. The predicted octanol–water partition coefficient (Wildman–Crippen LogP) is 3.10. The molecule has 0 fully saturated rings. The Morgan fingerprint density at radius 2 is 2.00 bits per heavy atom. The van der Waals surface area contributed by atoms with Crippen molar-refractivity contribution in [3.8, 4) is 17.1 Å². The number of hydrogen-bond donors (Lipinski definition) is 2. The highest BCUT2D eigenvalue weighted by Crippen LogP contribution is 2.25. The second kappa shape index (κ2) is 6.05. The van der Waals surface area contributed by atoms with E-state index in [1.807, 2.05) is 25.1 Å². The third kappa shape index (κ3) is 2.87. The number of H-pyrrole nitrogens is 1. The molecular formula is C19H18N4O2. The summed E-state index contributed by atoms with van der Waals surface area (Å²) in [4.78, 5) is 19.3. The van der Waals surface area contributed by atoms with Crippen LogP contribution in [0.15, 0.2) is 47.6 Å². The number of benzene rings is 2. The lowest BCUT2D eigenvalue weighted by Crippen LogP contribution is -2.31. The molecule has 0 spiro atoms. The fraction of sp³-hybridized carbons (Fsp3) is 0.211. The van der Waals surface area contributed by atoms with Crippen molar-refractivity contribution in [3.63, 3.8) is 0 Å². The molecule has 2 aromatic carbocycles. The van der Waals surface area contributed by atoms with Crippen LogP contribution in [0.4, 0.5) is 0 Å². The molecule has 3 aromatic rings. The average Bonchev–Trinajstić information content (AvgIpc) is 3.04. The molecule has 0 aliphatic carbocycles. The summed E-state index contributed by atoms with van der Waals surface area (Å²) in [7, 11) is -2.48. The summed E-state index contributed by atoms with van der Waals surface area (Å²) < 4.78 is 26.3. The van der Waals surface area contributed by atoms with Crippen LogP contribution < -0.4 is 10.2 Å². The van der Waals surface area contributed by atoms with Gasteiger partial charge in [0.1, 0.15) is 11.6 Å². The standard InChI is InChI=1S/C19H18N4O2/c1-11-9-17(24)22-23-18(11)13-5-8-15-16(10-13)21-19(20-15)12-3-6-14(25-2)7-4-12/h3-8,10-11H,9H2,1-2H3,(H,20,21)(H,22,24)/i2+1D3. The SMILES string of the molecule is [2H][13C]([2H])([2H])Oc1ccc(-c2nc3ccc(C4=NNC(=O)CC4C)cc3[nH]2)cc1. The molecule has 1 aliphatic rings. The molecule has 1 aliphatic heterocycles. The van der Waals surface area contributed by atoms with Gasteiger partial charge in [-0.2, -0.15) is 5.10 Å². The number of aromatic amines is 1. The highest BCUT2D eigenvalue weighted by Gasteiger charge is 2.22. The topological polar surface area (TPSA) is 79.4 Å². The number of amides is 1. The third-order valence-electron chi connectivity index (χ3n) is 4.28. The van der Waals surface area contributed by atoms with Gasteiger partial charge in [0.25, 0.3) is 0 Å². The number of carbonyl (C=O) groups excluding carboxylic acids is 1. The highest BCUT2D eigenvalue weighted by atomic mass is 16.5. The summed E-state index contributed by atoms with van der Waals surface area (Å²) in [5, 5.41) is 4.20. The predicted molar refractivity (Wildman–Crippen MR) is 96.5 cm³/mol. The normalized spacial score (nSPS) is 19.6. The Balaban J connectivity index is 1.63. The molecule has 0 radical (unpaired) electrons. The van der Waals surface area contributed by atoms with Crippen LogP contribution in [0, 0.1) is 5.92 Å². The molecule has 1 atom stereocenters. The van der Waals surface area contributed by atoms with Gasteiger partial charge in [-0.1, -0.05) is 13.0 Å². The van der Waals surface area contributed by atoms with E-state index in [4.69, 9.17) is 8.85 Å². The maximum Gasteiger partial charge on any atom is 0.240 e. The van der Waals surface area contributed by atoms with E-state index in [9.17, 15) is 4.79 Å². The zero-order valence-corrected chi connectivity index (χ0v) is 13.5. The van der Waals surface area contributed by atoms with E-state index < -0.39 is 7.04 Å². The van der Waals surface area contributed by atoms with Gasteiger partial charge in [-0.15, -0.1) is 0 Å². The first-order valence-electron chi connectivity index (χ1n) is 9.44. The monoisotopic (exact) mass is 338 g/mol. The van der Waals surface area contributed by atoms with Crippen LogP contribution in [0.5, 0.6) is 5.75 Å². The van der Waals surface area contributed by atoms with Crippen LogP contribution in [0.3, 0.4) is 0 Å². The van der Waals surface area contributed by atoms with Gasteiger partial charge in [-0.3, -0.25) is 4.79 Å². The Labute approximate surface area is 149 Å². The second-order valence-electron chi connectivity index (χ2n) is 6.08. The molecule has 1 unspecified atom stereocenters. The fourth-order valence-electron chi connectivity index (χ4n) is 2.99. The Morgan fingerprint density at radius 1 is 1.20 bits per heavy atom. The van der Waals surface area contributed by atoms with Gasteiger partial charge < -0.3 is 9.72 Å². The first-order chi connectivity index (χ1) is 13.3. The average molecular weight is 338 g/mol. The Kier molecular flexibility index (Phi) is 2.96. The van der Waals surface area contributed by atoms with E-state index in [-0.39, 0.29) is 17.6 Å². The fourth-order valence-corrected chi connectivity index (χ4v) is 2.99. The van der Waals surface area contributed by atoms with Crippen molar-refractivity contribution in [3.05, 3.63) is 48.0 Å². The Hall–Kier alpha value is -3.15. The molecule has 0 saturated heterocycles. The second-order valence-corrected chi connectivity index (χ2v) is 6.08. The zero-order chi connectivity index (χ0) is 19.9. The number of hydrazone groups is 1. The van der Waals surface area contributed by atoms with Crippen molar-refractivity contribution in [1.29, 1.82) is 0 Å². The molecule has 0 bridgehead atoms. The maximum absolute atomic E-state index is 11.4. The van der Waals surface area contributed by atoms with E-state index in [0.29, 0.717) is 12.2 Å². The van der Waals surface area contributed by atoms with Crippen molar-refractivity contribution >= 4 is 22.7 Å². The van der Waals surface area contributed by atoms with E-state index in [2.05, 4.69) is 20.5 Å². The number of fused-ring (bicyclic) bond motifs is 1. The molecule has 25 heavy (non-hydrogen) atoms. The summed E-state index contributed by atoms with van der Waals surface area (Å²) in [6.07, 6.45) is 0.412. The Morgan fingerprint density at radius 3 is 2.76 bits per heavy atom. The molecule has 1 aromatic heterocycles. The van der Waals surface area contributed by atoms with Crippen LogP contribution in [0.2, 0.25) is 0 Å². The van der Waals surface area contributed by atoms with Crippen molar-refractivity contribution in [1.82, 2.24) is 15.4 Å². The number of methoxy groups -OCH3 is 1. The number of nitrogens with one attached hydrogen (secondary N) is 2. The van der Waals surface area contributed by atoms with Crippen LogP contribution in [0.25, 0.3) is 22.4 Å². The van der Waals surface area contributed by atoms with E-state index in [1.165, 1.54) is 0 Å². The van der Waals surface area contributed by atoms with Gasteiger partial charge in [0, 0.05) is 23.5 Å². The largest absolute Gasteiger partial charge is 0.497 e. The number of ether oxygens (including phenoxy) is 1. The molecule has 2 heterocycles. The van der Waals surface area contributed by atoms with Crippen LogP contribution >= 0.6 is 0 Å². The van der Waals surface area contributed by atoms with Gasteiger partial charge in [0.15, 0.2) is 0 Å². The molecule has 6 nitrogen and oxygen atoms in total. The lowest BCUT2D eigenvalue weighted by atomic mass is 9.94. The van der Waals surface area contributed by atoms with Gasteiger partial charge in [0.05, 0.1) is 27.9 Å². The quantitative estimate of drug-likeness (QED) is 0.720. The lowest BCUT2D eigenvalue weighted by molar-refractivity contribution is -0.121. The summed E-state index contributed by atoms with van der Waals surface area (Å²) in [5.41, 5.74) is 6.76. The molecular weight excluding hydrogens is 317 g/mol. The number of imidazole rings is 1. The van der Waals surface area contributed by atoms with Crippen molar-refractivity contribution < 1.29 is 13.6 Å². The van der Waals surface area contributed by atoms with Gasteiger partial charge in [-0.25, -0.2) is 10.4 Å². The molecule has 2 N–H and O–H groups in total. The summed E-state index contributed by atoms with van der Waals surface area (Å²) in [6, 6.07) is 12.5. The maximum atomic E-state index is 11.4. The van der Waals surface area contributed by atoms with Gasteiger partial charge in [0.2, 0.25) is 5.91 Å². The first-order valence-corrected chi connectivity index (χ1v) is 7.94. The van der Waals surface area contributed by atoms with Crippen molar-refractivity contribution in [2.45, 2.75) is 13.3 Å². The smallest absolute Gasteiger partial charge is 0.240 e. The molecule has 0 saturated carbocycles. The van der Waals surface area contributed by atoms with Crippen LogP contribution in [-0.4, -0.2) is 28.6 Å². The Bertz CT molecular complexity index is 1070. The minimum Gasteiger partial charge on any atom is -0.497 e. The number of carbonyl (C=O) groups is 1. The van der Waals surface area contributed by atoms with Gasteiger partial charge >= 0.3 is 0 Å². The number of nitrogens with zero attached hydrogens (tertiary/aromatic N) is 2. The minimum absolute atomic E-state index is 0.0411. The van der Waals surface area contributed by atoms with E-state index in [1.54, 1.807) is 24.3 Å². The zero-order valence-electron chi connectivity index (χ0n) is 16.5. The highest BCUT2D eigenvalue weighted by molar-refractivity contribution is 6.07. The third-order valence-corrected chi connectivity index (χ3v) is 4.28. The van der Waals surface area contributed by atoms with Crippen LogP contribution in [0.1, 0.15) is 23.0 Å². The first kappa shape index (κ1) is 12.2. The van der Waals surface area contributed by atoms with Crippen molar-refractivity contribution in [2.24, 2.45) is 11.0 Å². The number of aromatic nitrogens is 2. The van der Waals surface area contributed by atoms with E-state index >= 15 is 0 Å². The number of hydrogen-bond acceptors (Lipinski definition) is 4. The molecule has 1 amide bonds. The van der Waals surface area contributed by atoms with Gasteiger partial charge in [-0.05, 0) is 36.4 Å².